The van der Waals surface area contributed by atoms with Crippen LogP contribution in [-0.2, 0) is 0 Å². The lowest BCUT2D eigenvalue weighted by molar-refractivity contribution is -0.858. The van der Waals surface area contributed by atoms with E-state index in [4.69, 9.17) is 0 Å². The van der Waals surface area contributed by atoms with Crippen molar-refractivity contribution in [2.24, 2.45) is 0 Å². The summed E-state index contributed by atoms with van der Waals surface area (Å²) in [5.74, 6) is 0.224. The number of hydrogen-bond acceptors (Lipinski definition) is 7. The first kappa shape index (κ1) is 32.4. The van der Waals surface area contributed by atoms with Crippen molar-refractivity contribution in [1.29, 1.82) is 0 Å². The van der Waals surface area contributed by atoms with Crippen molar-refractivity contribution in [2.45, 2.75) is 52.4 Å². The standard InChI is InChI=1S/C26H44N10O4/c1-19-17-21(37)31-23(29-19)33-25(39)27-11-9-15-36(14-8-6-5-7-13-35(3)4)16-10-12-28-26(40)34-24-30-20(2)18-22(38)32-24/h17-18H,5-16H2,1-4H3,(H3,27,29,31,33,37,39)(H3,28,30,32,34,38,40)/p+1. The number of hydrogen-bond donors (Lipinski definition) is 7. The van der Waals surface area contributed by atoms with Gasteiger partial charge in [0.2, 0.25) is 11.9 Å². The summed E-state index contributed by atoms with van der Waals surface area (Å²) in [5.41, 5.74) is 0.392. The number of urea groups is 2. The molecule has 0 aliphatic rings. The Balaban J connectivity index is 1.73. The monoisotopic (exact) mass is 561 g/mol. The number of rotatable bonds is 17. The van der Waals surface area contributed by atoms with Gasteiger partial charge in [0.25, 0.3) is 11.1 Å². The van der Waals surface area contributed by atoms with Gasteiger partial charge in [-0.15, -0.1) is 0 Å². The molecule has 7 N–H and O–H groups in total. The first-order valence-corrected chi connectivity index (χ1v) is 13.9. The molecule has 2 heterocycles. The van der Waals surface area contributed by atoms with Crippen LogP contribution in [0.2, 0.25) is 0 Å². The second-order valence-corrected chi connectivity index (χ2v) is 10.2. The average Bonchev–Trinajstić information content (AvgIpc) is 2.84. The van der Waals surface area contributed by atoms with Crippen LogP contribution >= 0.6 is 0 Å². The van der Waals surface area contributed by atoms with Gasteiger partial charge in [0.05, 0.1) is 20.6 Å². The molecule has 0 saturated heterocycles. The molecule has 222 valence electrons. The van der Waals surface area contributed by atoms with Gasteiger partial charge in [0.15, 0.2) is 0 Å². The normalized spacial score (nSPS) is 11.1. The first-order valence-electron chi connectivity index (χ1n) is 13.9. The van der Waals surface area contributed by atoms with Gasteiger partial charge in [-0.1, -0.05) is 6.42 Å². The van der Waals surface area contributed by atoms with Gasteiger partial charge in [-0.2, -0.15) is 0 Å². The van der Waals surface area contributed by atoms with Crippen molar-refractivity contribution in [1.82, 2.24) is 35.5 Å². The summed E-state index contributed by atoms with van der Waals surface area (Å²) in [4.78, 5) is 64.4. The van der Waals surface area contributed by atoms with Crippen molar-refractivity contribution in [3.8, 4) is 0 Å². The molecule has 0 aliphatic heterocycles. The van der Waals surface area contributed by atoms with E-state index in [-0.39, 0.29) is 23.0 Å². The molecule has 4 amide bonds. The lowest BCUT2D eigenvalue weighted by atomic mass is 10.1. The number of aromatic amines is 2. The van der Waals surface area contributed by atoms with Gasteiger partial charge in [-0.25, -0.2) is 19.6 Å². The Bertz CT molecular complexity index is 1100. The van der Waals surface area contributed by atoms with Gasteiger partial charge in [-0.3, -0.25) is 30.2 Å². The highest BCUT2D eigenvalue weighted by molar-refractivity contribution is 5.87. The maximum Gasteiger partial charge on any atom is 0.321 e. The molecule has 0 atom stereocenters. The van der Waals surface area contributed by atoms with Gasteiger partial charge in [0.1, 0.15) is 0 Å². The molecule has 14 nitrogen and oxygen atoms in total. The maximum atomic E-state index is 12.2. The molecule has 2 aromatic rings. The fraction of sp³-hybridized carbons (Fsp3) is 0.615. The lowest BCUT2D eigenvalue weighted by Crippen LogP contribution is -3.05. The van der Waals surface area contributed by atoms with Gasteiger partial charge in [-0.05, 0) is 65.6 Å². The Kier molecular flexibility index (Phi) is 14.4. The highest BCUT2D eigenvalue weighted by Gasteiger charge is 2.09. The maximum absolute atomic E-state index is 12.2. The molecule has 0 unspecified atom stereocenters. The molecule has 14 heteroatoms. The Morgan fingerprint density at radius 3 is 1.65 bits per heavy atom. The van der Waals surface area contributed by atoms with E-state index in [0.29, 0.717) is 24.5 Å². The number of H-pyrrole nitrogens is 2. The van der Waals surface area contributed by atoms with Crippen molar-refractivity contribution < 1.29 is 14.5 Å². The molecule has 40 heavy (non-hydrogen) atoms. The van der Waals surface area contributed by atoms with Crippen molar-refractivity contribution >= 4 is 24.0 Å². The van der Waals surface area contributed by atoms with E-state index in [1.54, 1.807) is 13.8 Å². The highest BCUT2D eigenvalue weighted by Crippen LogP contribution is 2.03. The molecule has 0 aliphatic carbocycles. The van der Waals surface area contributed by atoms with Gasteiger partial charge >= 0.3 is 12.1 Å². The molecular weight excluding hydrogens is 516 g/mol. The van der Waals surface area contributed by atoms with Crippen molar-refractivity contribution in [3.05, 3.63) is 44.2 Å². The number of anilines is 2. The van der Waals surface area contributed by atoms with Crippen LogP contribution in [0.3, 0.4) is 0 Å². The Labute approximate surface area is 234 Å². The Morgan fingerprint density at radius 2 is 1.20 bits per heavy atom. The molecule has 0 radical (unpaired) electrons. The summed E-state index contributed by atoms with van der Waals surface area (Å²) in [6, 6.07) is 1.85. The zero-order valence-electron chi connectivity index (χ0n) is 24.1. The van der Waals surface area contributed by atoms with Gasteiger partial charge in [0, 0.05) is 36.6 Å². The van der Waals surface area contributed by atoms with Crippen LogP contribution in [0.1, 0.15) is 49.9 Å². The van der Waals surface area contributed by atoms with Gasteiger partial charge < -0.3 is 20.4 Å². The molecule has 0 aromatic carbocycles. The number of nitrogens with zero attached hydrogens (tertiary/aromatic N) is 3. The summed E-state index contributed by atoms with van der Waals surface area (Å²) < 4.78 is 0. The van der Waals surface area contributed by atoms with E-state index < -0.39 is 12.1 Å². The largest absolute Gasteiger partial charge is 0.340 e. The molecule has 2 rings (SSSR count). The molecule has 0 bridgehead atoms. The summed E-state index contributed by atoms with van der Waals surface area (Å²) in [7, 11) is 4.33. The van der Waals surface area contributed by atoms with Crippen LogP contribution < -0.4 is 37.3 Å². The quantitative estimate of drug-likeness (QED) is 0.135. The molecular formula is C26H45N10O4+. The number of aromatic nitrogens is 4. The number of quaternary nitrogens is 1. The van der Waals surface area contributed by atoms with Crippen LogP contribution in [0.5, 0.6) is 0 Å². The predicted molar refractivity (Wildman–Crippen MR) is 155 cm³/mol. The fourth-order valence-corrected chi connectivity index (χ4v) is 4.09. The van der Waals surface area contributed by atoms with E-state index >= 15 is 0 Å². The van der Waals surface area contributed by atoms with E-state index in [1.807, 2.05) is 0 Å². The number of unbranched alkanes of at least 4 members (excludes halogenated alkanes) is 3. The first-order chi connectivity index (χ1) is 19.1. The average molecular weight is 562 g/mol. The minimum absolute atomic E-state index is 0.112. The Morgan fingerprint density at radius 1 is 0.750 bits per heavy atom. The fourth-order valence-electron chi connectivity index (χ4n) is 4.09. The summed E-state index contributed by atoms with van der Waals surface area (Å²) in [6.07, 6.45) is 6.15. The summed E-state index contributed by atoms with van der Waals surface area (Å²) in [6.45, 7) is 7.99. The smallest absolute Gasteiger partial charge is 0.321 e. The van der Waals surface area contributed by atoms with Crippen molar-refractivity contribution in [2.75, 3.05) is 64.0 Å². The SMILES string of the molecule is Cc1cc(=O)[nH]c(NC(=O)NCCCN(CCCCCC[NH+](C)C)CCCNC(=O)Nc2nc(C)cc(=O)[nH]2)n1. The second-order valence-electron chi connectivity index (χ2n) is 10.2. The van der Waals surface area contributed by atoms with Crippen molar-refractivity contribution in [3.63, 3.8) is 0 Å². The van der Waals surface area contributed by atoms with Crippen LogP contribution in [0.4, 0.5) is 21.5 Å². The number of carbonyl (C=O) groups is 2. The minimum atomic E-state index is -0.428. The van der Waals surface area contributed by atoms with E-state index in [1.165, 1.54) is 36.4 Å². The lowest BCUT2D eigenvalue weighted by Gasteiger charge is -2.22. The number of amides is 4. The third-order valence-electron chi connectivity index (χ3n) is 5.98. The predicted octanol–water partition coefficient (Wildman–Crippen LogP) is 0.200. The van der Waals surface area contributed by atoms with Crippen LogP contribution in [-0.4, -0.2) is 90.3 Å². The number of aryl methyl sites for hydroxylation is 2. The molecule has 2 aromatic heterocycles. The number of carbonyl (C=O) groups excluding carboxylic acids is 2. The van der Waals surface area contributed by atoms with E-state index in [9.17, 15) is 19.2 Å². The van der Waals surface area contributed by atoms with Crippen LogP contribution in [0.25, 0.3) is 0 Å². The third kappa shape index (κ3) is 14.4. The highest BCUT2D eigenvalue weighted by atomic mass is 16.2. The molecule has 0 spiro atoms. The van der Waals surface area contributed by atoms with Crippen LogP contribution in [0, 0.1) is 13.8 Å². The third-order valence-corrected chi connectivity index (χ3v) is 5.98. The summed E-state index contributed by atoms with van der Waals surface area (Å²) >= 11 is 0. The zero-order chi connectivity index (χ0) is 29.3. The minimum Gasteiger partial charge on any atom is -0.340 e. The second kappa shape index (κ2) is 17.7. The Hall–Kier alpha value is -3.78. The molecule has 0 saturated carbocycles. The number of nitrogens with one attached hydrogen (secondary N) is 7. The van der Waals surface area contributed by atoms with E-state index in [0.717, 1.165) is 45.3 Å². The molecule has 0 fully saturated rings. The topological polar surface area (TPSA) is 181 Å². The zero-order valence-corrected chi connectivity index (χ0v) is 24.1. The van der Waals surface area contributed by atoms with Crippen LogP contribution in [0.15, 0.2) is 21.7 Å². The summed E-state index contributed by atoms with van der Waals surface area (Å²) in [5, 5.41) is 10.7. The van der Waals surface area contributed by atoms with E-state index in [2.05, 4.69) is 60.2 Å².